The van der Waals surface area contributed by atoms with E-state index in [1.165, 1.54) is 35.5 Å². The van der Waals surface area contributed by atoms with Gasteiger partial charge >= 0.3 is 0 Å². The molecule has 1 aromatic rings. The van der Waals surface area contributed by atoms with E-state index >= 15 is 0 Å². The number of rotatable bonds is 7. The van der Waals surface area contributed by atoms with Crippen LogP contribution in [0.3, 0.4) is 0 Å². The normalized spacial score (nSPS) is 10.7. The molecule has 0 bridgehead atoms. The van der Waals surface area contributed by atoms with E-state index in [1.54, 1.807) is 0 Å². The van der Waals surface area contributed by atoms with Crippen molar-refractivity contribution in [3.8, 4) is 0 Å². The molecule has 3 heteroatoms. The molecule has 0 atom stereocenters. The van der Waals surface area contributed by atoms with Gasteiger partial charge in [0.1, 0.15) is 0 Å². The highest BCUT2D eigenvalue weighted by Crippen LogP contribution is 2.27. The Hall–Kier alpha value is -0.180. The molecule has 0 saturated heterocycles. The number of halogens is 1. The summed E-state index contributed by atoms with van der Waals surface area (Å²) in [5.41, 5.74) is 1.34. The first-order valence-electron chi connectivity index (χ1n) is 5.83. The van der Waals surface area contributed by atoms with E-state index in [9.17, 15) is 0 Å². The lowest BCUT2D eigenvalue weighted by Gasteiger charge is -2.09. The number of benzene rings is 1. The summed E-state index contributed by atoms with van der Waals surface area (Å²) in [4.78, 5) is 1.32. The molecule has 1 N–H and O–H groups in total. The van der Waals surface area contributed by atoms with Gasteiger partial charge in [-0.05, 0) is 36.9 Å². The zero-order valence-electron chi connectivity index (χ0n) is 10.1. The minimum Gasteiger partial charge on any atom is -0.316 e. The predicted molar refractivity (Wildman–Crippen MR) is 74.5 cm³/mol. The summed E-state index contributed by atoms with van der Waals surface area (Å²) in [7, 11) is 1.97. The number of hydrogen-bond donors (Lipinski definition) is 1. The van der Waals surface area contributed by atoms with Crippen molar-refractivity contribution in [3.05, 3.63) is 28.8 Å². The van der Waals surface area contributed by atoms with Crippen LogP contribution in [-0.4, -0.2) is 12.8 Å². The van der Waals surface area contributed by atoms with Crippen molar-refractivity contribution in [1.29, 1.82) is 0 Å². The zero-order valence-corrected chi connectivity index (χ0v) is 11.6. The van der Waals surface area contributed by atoms with Gasteiger partial charge in [0.2, 0.25) is 0 Å². The molecule has 0 spiro atoms. The smallest absolute Gasteiger partial charge is 0.0417 e. The quantitative estimate of drug-likeness (QED) is 0.576. The maximum absolute atomic E-state index is 6.02. The molecular formula is C13H20ClNS. The highest BCUT2D eigenvalue weighted by Gasteiger charge is 2.03. The molecule has 90 valence electrons. The van der Waals surface area contributed by atoms with Gasteiger partial charge in [-0.15, -0.1) is 11.8 Å². The van der Waals surface area contributed by atoms with Crippen molar-refractivity contribution in [2.24, 2.45) is 0 Å². The number of nitrogens with one attached hydrogen (secondary N) is 1. The van der Waals surface area contributed by atoms with Gasteiger partial charge in [-0.3, -0.25) is 0 Å². The molecule has 0 aliphatic carbocycles. The Balaban J connectivity index is 2.57. The summed E-state index contributed by atoms with van der Waals surface area (Å²) in [5.74, 6) is 1.19. The van der Waals surface area contributed by atoms with Gasteiger partial charge in [0.15, 0.2) is 0 Å². The fourth-order valence-corrected chi connectivity index (χ4v) is 2.87. The first-order chi connectivity index (χ1) is 7.77. The third-order valence-electron chi connectivity index (χ3n) is 2.40. The van der Waals surface area contributed by atoms with Crippen LogP contribution in [0.15, 0.2) is 23.1 Å². The minimum atomic E-state index is 0.831. The first-order valence-corrected chi connectivity index (χ1v) is 7.20. The molecule has 0 aliphatic heterocycles. The summed E-state index contributed by atoms with van der Waals surface area (Å²) in [6, 6.07) is 6.15. The number of unbranched alkanes of at least 4 members (excludes halogenated alkanes) is 2. The molecule has 0 unspecified atom stereocenters. The van der Waals surface area contributed by atoms with E-state index in [-0.39, 0.29) is 0 Å². The summed E-state index contributed by atoms with van der Waals surface area (Å²) >= 11 is 7.94. The van der Waals surface area contributed by atoms with Gasteiger partial charge in [0, 0.05) is 16.5 Å². The SMILES string of the molecule is CCCCCSc1cc(Cl)ccc1CNC. The van der Waals surface area contributed by atoms with Crippen LogP contribution in [0.4, 0.5) is 0 Å². The average molecular weight is 258 g/mol. The van der Waals surface area contributed by atoms with Crippen LogP contribution >= 0.6 is 23.4 Å². The van der Waals surface area contributed by atoms with Gasteiger partial charge < -0.3 is 5.32 Å². The van der Waals surface area contributed by atoms with Gasteiger partial charge in [0.25, 0.3) is 0 Å². The molecule has 0 saturated carbocycles. The van der Waals surface area contributed by atoms with Crippen molar-refractivity contribution in [2.75, 3.05) is 12.8 Å². The lowest BCUT2D eigenvalue weighted by atomic mass is 10.2. The zero-order chi connectivity index (χ0) is 11.8. The van der Waals surface area contributed by atoms with E-state index in [0.717, 1.165) is 11.6 Å². The van der Waals surface area contributed by atoms with Gasteiger partial charge in [-0.2, -0.15) is 0 Å². The molecule has 0 radical (unpaired) electrons. The highest BCUT2D eigenvalue weighted by molar-refractivity contribution is 7.99. The van der Waals surface area contributed by atoms with E-state index in [1.807, 2.05) is 24.9 Å². The molecule has 0 amide bonds. The molecule has 1 nitrogen and oxygen atoms in total. The second-order valence-electron chi connectivity index (χ2n) is 3.84. The van der Waals surface area contributed by atoms with Crippen molar-refractivity contribution in [1.82, 2.24) is 5.32 Å². The Morgan fingerprint density at radius 2 is 2.12 bits per heavy atom. The lowest BCUT2D eigenvalue weighted by Crippen LogP contribution is -2.06. The third kappa shape index (κ3) is 4.77. The lowest BCUT2D eigenvalue weighted by molar-refractivity contribution is 0.777. The summed E-state index contributed by atoms with van der Waals surface area (Å²) in [6.45, 7) is 3.14. The van der Waals surface area contributed by atoms with Crippen LogP contribution in [-0.2, 0) is 6.54 Å². The molecule has 1 aromatic carbocycles. The van der Waals surface area contributed by atoms with Crippen LogP contribution in [0.25, 0.3) is 0 Å². The highest BCUT2D eigenvalue weighted by atomic mass is 35.5. The number of thioether (sulfide) groups is 1. The Kier molecular flexibility index (Phi) is 6.93. The number of hydrogen-bond acceptors (Lipinski definition) is 2. The van der Waals surface area contributed by atoms with Crippen LogP contribution in [0.1, 0.15) is 31.7 Å². The molecule has 1 rings (SSSR count). The van der Waals surface area contributed by atoms with Crippen LogP contribution in [0, 0.1) is 0 Å². The van der Waals surface area contributed by atoms with Crippen molar-refractivity contribution >= 4 is 23.4 Å². The predicted octanol–water partition coefficient (Wildman–Crippen LogP) is 4.34. The largest absolute Gasteiger partial charge is 0.316 e. The van der Waals surface area contributed by atoms with Crippen molar-refractivity contribution in [2.45, 2.75) is 37.6 Å². The van der Waals surface area contributed by atoms with E-state index in [4.69, 9.17) is 11.6 Å². The summed E-state index contributed by atoms with van der Waals surface area (Å²) in [5, 5.41) is 4.02. The standard InChI is InChI=1S/C13H20ClNS/c1-3-4-5-8-16-13-9-12(14)7-6-11(13)10-15-2/h6-7,9,15H,3-5,8,10H2,1-2H3. The van der Waals surface area contributed by atoms with Gasteiger partial charge in [-0.1, -0.05) is 37.4 Å². The topological polar surface area (TPSA) is 12.0 Å². The summed E-state index contributed by atoms with van der Waals surface area (Å²) < 4.78 is 0. The van der Waals surface area contributed by atoms with Crippen LogP contribution in [0.5, 0.6) is 0 Å². The second kappa shape index (κ2) is 7.99. The second-order valence-corrected chi connectivity index (χ2v) is 5.41. The van der Waals surface area contributed by atoms with Crippen molar-refractivity contribution < 1.29 is 0 Å². The van der Waals surface area contributed by atoms with Gasteiger partial charge in [-0.25, -0.2) is 0 Å². The van der Waals surface area contributed by atoms with Gasteiger partial charge in [0.05, 0.1) is 0 Å². The molecule has 16 heavy (non-hydrogen) atoms. The fraction of sp³-hybridized carbons (Fsp3) is 0.538. The Morgan fingerprint density at radius 3 is 2.81 bits per heavy atom. The Morgan fingerprint density at radius 1 is 1.31 bits per heavy atom. The Bertz CT molecular complexity index is 315. The molecule has 0 aliphatic rings. The van der Waals surface area contributed by atoms with E-state index in [0.29, 0.717) is 0 Å². The summed E-state index contributed by atoms with van der Waals surface area (Å²) in [6.07, 6.45) is 3.88. The average Bonchev–Trinajstić information content (AvgIpc) is 2.28. The Labute approximate surface area is 108 Å². The fourth-order valence-electron chi connectivity index (χ4n) is 1.53. The monoisotopic (exact) mass is 257 g/mol. The van der Waals surface area contributed by atoms with E-state index in [2.05, 4.69) is 24.4 Å². The van der Waals surface area contributed by atoms with Crippen molar-refractivity contribution in [3.63, 3.8) is 0 Å². The maximum Gasteiger partial charge on any atom is 0.0417 e. The molecule has 0 aromatic heterocycles. The maximum atomic E-state index is 6.02. The molecule has 0 heterocycles. The van der Waals surface area contributed by atoms with Crippen LogP contribution in [0.2, 0.25) is 5.02 Å². The third-order valence-corrected chi connectivity index (χ3v) is 3.82. The first kappa shape index (κ1) is 13.9. The molecule has 0 fully saturated rings. The molecular weight excluding hydrogens is 238 g/mol. The van der Waals surface area contributed by atoms with Crippen LogP contribution < -0.4 is 5.32 Å². The van der Waals surface area contributed by atoms with E-state index < -0.39 is 0 Å². The minimum absolute atomic E-state index is 0.831.